The maximum atomic E-state index is 5.55. The molecule has 0 saturated carbocycles. The minimum atomic E-state index is 0.519. The van der Waals surface area contributed by atoms with Gasteiger partial charge in [0.25, 0.3) is 0 Å². The number of pyridine rings is 1. The lowest BCUT2D eigenvalue weighted by atomic mass is 10.2. The van der Waals surface area contributed by atoms with Gasteiger partial charge in [-0.25, -0.2) is 4.98 Å². The SMILES string of the molecule is C=C(C)CCOc1ccc(CN)c(C)n1. The Morgan fingerprint density at radius 3 is 2.80 bits per heavy atom. The number of ether oxygens (including phenoxy) is 1. The summed E-state index contributed by atoms with van der Waals surface area (Å²) >= 11 is 0. The van der Waals surface area contributed by atoms with Gasteiger partial charge in [-0.15, -0.1) is 6.58 Å². The minimum Gasteiger partial charge on any atom is -0.477 e. The molecule has 0 aromatic carbocycles. The van der Waals surface area contributed by atoms with Crippen molar-refractivity contribution in [3.05, 3.63) is 35.5 Å². The van der Waals surface area contributed by atoms with Crippen LogP contribution in [0, 0.1) is 6.92 Å². The van der Waals surface area contributed by atoms with Gasteiger partial charge in [0.1, 0.15) is 0 Å². The van der Waals surface area contributed by atoms with Crippen LogP contribution in [0.5, 0.6) is 5.88 Å². The van der Waals surface area contributed by atoms with Crippen molar-refractivity contribution in [2.24, 2.45) is 5.73 Å². The molecule has 0 aliphatic carbocycles. The molecule has 15 heavy (non-hydrogen) atoms. The lowest BCUT2D eigenvalue weighted by molar-refractivity contribution is 0.308. The molecule has 1 rings (SSSR count). The Balaban J connectivity index is 2.55. The summed E-state index contributed by atoms with van der Waals surface area (Å²) in [7, 11) is 0. The monoisotopic (exact) mass is 206 g/mol. The fourth-order valence-electron chi connectivity index (χ4n) is 1.19. The summed E-state index contributed by atoms with van der Waals surface area (Å²) in [5.41, 5.74) is 8.66. The number of hydrogen-bond acceptors (Lipinski definition) is 3. The van der Waals surface area contributed by atoms with Gasteiger partial charge < -0.3 is 10.5 Å². The Bertz CT molecular complexity index is 347. The molecule has 0 aliphatic rings. The second-order valence-electron chi connectivity index (χ2n) is 3.65. The largest absolute Gasteiger partial charge is 0.477 e. The highest BCUT2D eigenvalue weighted by molar-refractivity contribution is 5.24. The third kappa shape index (κ3) is 3.72. The molecule has 0 spiro atoms. The first-order valence-corrected chi connectivity index (χ1v) is 5.07. The molecule has 0 fully saturated rings. The molecule has 1 heterocycles. The Hall–Kier alpha value is -1.35. The van der Waals surface area contributed by atoms with E-state index >= 15 is 0 Å². The molecule has 2 N–H and O–H groups in total. The van der Waals surface area contributed by atoms with Gasteiger partial charge in [0.05, 0.1) is 6.61 Å². The van der Waals surface area contributed by atoms with E-state index < -0.39 is 0 Å². The van der Waals surface area contributed by atoms with Crippen LogP contribution in [0.4, 0.5) is 0 Å². The van der Waals surface area contributed by atoms with Crippen molar-refractivity contribution in [3.63, 3.8) is 0 Å². The zero-order valence-electron chi connectivity index (χ0n) is 9.42. The van der Waals surface area contributed by atoms with Crippen LogP contribution >= 0.6 is 0 Å². The van der Waals surface area contributed by atoms with Crippen molar-refractivity contribution >= 4 is 0 Å². The highest BCUT2D eigenvalue weighted by Crippen LogP contribution is 2.12. The van der Waals surface area contributed by atoms with Crippen LogP contribution in [0.15, 0.2) is 24.3 Å². The summed E-state index contributed by atoms with van der Waals surface area (Å²) in [4.78, 5) is 4.31. The van der Waals surface area contributed by atoms with Crippen molar-refractivity contribution in [2.45, 2.75) is 26.8 Å². The first kappa shape index (κ1) is 11.7. The van der Waals surface area contributed by atoms with E-state index in [1.807, 2.05) is 26.0 Å². The number of nitrogens with zero attached hydrogens (tertiary/aromatic N) is 1. The summed E-state index contributed by atoms with van der Waals surface area (Å²) in [6.45, 7) is 8.89. The van der Waals surface area contributed by atoms with Crippen molar-refractivity contribution in [3.8, 4) is 5.88 Å². The molecule has 0 saturated heterocycles. The normalized spacial score (nSPS) is 10.1. The lowest BCUT2D eigenvalue weighted by Crippen LogP contribution is -2.04. The fourth-order valence-corrected chi connectivity index (χ4v) is 1.19. The predicted octanol–water partition coefficient (Wildman–Crippen LogP) is 2.19. The van der Waals surface area contributed by atoms with Crippen LogP contribution in [0.1, 0.15) is 24.6 Å². The average Bonchev–Trinajstić information content (AvgIpc) is 2.17. The molecule has 0 bridgehead atoms. The second-order valence-corrected chi connectivity index (χ2v) is 3.65. The summed E-state index contributed by atoms with van der Waals surface area (Å²) < 4.78 is 5.48. The molecule has 0 amide bonds. The summed E-state index contributed by atoms with van der Waals surface area (Å²) in [5.74, 6) is 0.658. The topological polar surface area (TPSA) is 48.1 Å². The molecule has 0 radical (unpaired) electrons. The third-order valence-corrected chi connectivity index (χ3v) is 2.17. The molecule has 1 aromatic heterocycles. The molecule has 3 heteroatoms. The maximum absolute atomic E-state index is 5.55. The molecule has 1 aromatic rings. The second kappa shape index (κ2) is 5.51. The first-order valence-electron chi connectivity index (χ1n) is 5.07. The third-order valence-electron chi connectivity index (χ3n) is 2.17. The van der Waals surface area contributed by atoms with Crippen LogP contribution in [0.2, 0.25) is 0 Å². The van der Waals surface area contributed by atoms with Gasteiger partial charge in [-0.2, -0.15) is 0 Å². The average molecular weight is 206 g/mol. The zero-order valence-corrected chi connectivity index (χ0v) is 9.42. The van der Waals surface area contributed by atoms with E-state index in [0.29, 0.717) is 19.0 Å². The van der Waals surface area contributed by atoms with Crippen molar-refractivity contribution in [1.82, 2.24) is 4.98 Å². The van der Waals surface area contributed by atoms with Gasteiger partial charge in [0, 0.05) is 24.7 Å². The Kier molecular flexibility index (Phi) is 4.31. The maximum Gasteiger partial charge on any atom is 0.213 e. The molecule has 0 aliphatic heterocycles. The van der Waals surface area contributed by atoms with Gasteiger partial charge in [-0.3, -0.25) is 0 Å². The van der Waals surface area contributed by atoms with E-state index in [4.69, 9.17) is 10.5 Å². The van der Waals surface area contributed by atoms with E-state index in [1.165, 1.54) is 0 Å². The van der Waals surface area contributed by atoms with Crippen LogP contribution in [0.3, 0.4) is 0 Å². The quantitative estimate of drug-likeness (QED) is 0.751. The van der Waals surface area contributed by atoms with Crippen molar-refractivity contribution in [2.75, 3.05) is 6.61 Å². The number of nitrogens with two attached hydrogens (primary N) is 1. The molecule has 3 nitrogen and oxygen atoms in total. The minimum absolute atomic E-state index is 0.519. The van der Waals surface area contributed by atoms with E-state index in [0.717, 1.165) is 23.3 Å². The first-order chi connectivity index (χ1) is 7.13. The van der Waals surface area contributed by atoms with Crippen LogP contribution < -0.4 is 10.5 Å². The van der Waals surface area contributed by atoms with Gasteiger partial charge in [0.15, 0.2) is 0 Å². The standard InChI is InChI=1S/C12H18N2O/c1-9(2)6-7-15-12-5-4-11(8-13)10(3)14-12/h4-5H,1,6-8,13H2,2-3H3. The van der Waals surface area contributed by atoms with E-state index in [-0.39, 0.29) is 0 Å². The Morgan fingerprint density at radius 2 is 2.27 bits per heavy atom. The lowest BCUT2D eigenvalue weighted by Gasteiger charge is -2.07. The fraction of sp³-hybridized carbons (Fsp3) is 0.417. The molecule has 82 valence electrons. The number of aromatic nitrogens is 1. The van der Waals surface area contributed by atoms with E-state index in [9.17, 15) is 0 Å². The zero-order chi connectivity index (χ0) is 11.3. The van der Waals surface area contributed by atoms with Crippen LogP contribution in [0.25, 0.3) is 0 Å². The Morgan fingerprint density at radius 1 is 1.53 bits per heavy atom. The van der Waals surface area contributed by atoms with Crippen LogP contribution in [-0.2, 0) is 6.54 Å². The Labute approximate surface area is 91.0 Å². The summed E-state index contributed by atoms with van der Waals surface area (Å²) in [6, 6.07) is 3.81. The van der Waals surface area contributed by atoms with Gasteiger partial charge >= 0.3 is 0 Å². The van der Waals surface area contributed by atoms with Gasteiger partial charge in [-0.05, 0) is 19.4 Å². The molecular formula is C12H18N2O. The van der Waals surface area contributed by atoms with Gasteiger partial charge in [-0.1, -0.05) is 11.6 Å². The number of rotatable bonds is 5. The smallest absolute Gasteiger partial charge is 0.213 e. The van der Waals surface area contributed by atoms with E-state index in [2.05, 4.69) is 11.6 Å². The van der Waals surface area contributed by atoms with Gasteiger partial charge in [0.2, 0.25) is 5.88 Å². The molecular weight excluding hydrogens is 188 g/mol. The predicted molar refractivity (Wildman–Crippen MR) is 61.8 cm³/mol. The molecule has 0 unspecified atom stereocenters. The summed E-state index contributed by atoms with van der Waals surface area (Å²) in [6.07, 6.45) is 0.860. The number of aryl methyl sites for hydroxylation is 1. The van der Waals surface area contributed by atoms with Crippen LogP contribution in [-0.4, -0.2) is 11.6 Å². The van der Waals surface area contributed by atoms with E-state index in [1.54, 1.807) is 0 Å². The van der Waals surface area contributed by atoms with Crippen molar-refractivity contribution < 1.29 is 4.74 Å². The highest BCUT2D eigenvalue weighted by Gasteiger charge is 2.00. The van der Waals surface area contributed by atoms with Crippen molar-refractivity contribution in [1.29, 1.82) is 0 Å². The molecule has 0 atom stereocenters. The summed E-state index contributed by atoms with van der Waals surface area (Å²) in [5, 5.41) is 0. The highest BCUT2D eigenvalue weighted by atomic mass is 16.5. The number of hydrogen-bond donors (Lipinski definition) is 1.